The van der Waals surface area contributed by atoms with Crippen LogP contribution in [0.5, 0.6) is 0 Å². The van der Waals surface area contributed by atoms with Gasteiger partial charge in [0.1, 0.15) is 12.0 Å². The maximum atomic E-state index is 13.3. The van der Waals surface area contributed by atoms with E-state index in [9.17, 15) is 14.3 Å². The van der Waals surface area contributed by atoms with Crippen molar-refractivity contribution in [2.75, 3.05) is 26.3 Å². The molecule has 0 bridgehead atoms. The number of allylic oxidation sites excluding steroid dienone is 2. The number of carboxylic acid groups (broad SMARTS) is 1. The fourth-order valence-corrected chi connectivity index (χ4v) is 3.61. The lowest BCUT2D eigenvalue weighted by Gasteiger charge is -2.44. The molecular formula is C21H25FN2O3. The van der Waals surface area contributed by atoms with Gasteiger partial charge in [-0.15, -0.1) is 0 Å². The minimum Gasteiger partial charge on any atom is -0.478 e. The van der Waals surface area contributed by atoms with Gasteiger partial charge in [0.25, 0.3) is 0 Å². The second-order valence-electron chi connectivity index (χ2n) is 6.73. The van der Waals surface area contributed by atoms with Crippen molar-refractivity contribution >= 4 is 5.97 Å². The smallest absolute Gasteiger partial charge is 0.338 e. The lowest BCUT2D eigenvalue weighted by molar-refractivity contribution is -0.132. The van der Waals surface area contributed by atoms with Gasteiger partial charge in [-0.1, -0.05) is 18.2 Å². The molecule has 1 atom stereocenters. The summed E-state index contributed by atoms with van der Waals surface area (Å²) in [4.78, 5) is 16.3. The third-order valence-electron chi connectivity index (χ3n) is 4.90. The fourth-order valence-electron chi connectivity index (χ4n) is 3.61. The molecule has 1 saturated heterocycles. The summed E-state index contributed by atoms with van der Waals surface area (Å²) in [6.45, 7) is 7.07. The van der Waals surface area contributed by atoms with Crippen LogP contribution in [0, 0.1) is 5.82 Å². The highest BCUT2D eigenvalue weighted by Crippen LogP contribution is 2.31. The average molecular weight is 372 g/mol. The monoisotopic (exact) mass is 372 g/mol. The maximum Gasteiger partial charge on any atom is 0.338 e. The first kappa shape index (κ1) is 19.3. The third kappa shape index (κ3) is 4.28. The molecule has 1 N–H and O–H groups in total. The Kier molecular flexibility index (Phi) is 6.08. The number of benzene rings is 1. The van der Waals surface area contributed by atoms with E-state index in [0.29, 0.717) is 31.0 Å². The molecule has 2 aliphatic heterocycles. The van der Waals surface area contributed by atoms with Gasteiger partial charge in [0.2, 0.25) is 0 Å². The molecule has 1 aromatic carbocycles. The zero-order chi connectivity index (χ0) is 19.4. The molecular weight excluding hydrogens is 347 g/mol. The van der Waals surface area contributed by atoms with Gasteiger partial charge in [0.15, 0.2) is 0 Å². The number of halogens is 1. The molecule has 0 spiro atoms. The van der Waals surface area contributed by atoms with Gasteiger partial charge in [-0.2, -0.15) is 0 Å². The van der Waals surface area contributed by atoms with Gasteiger partial charge in [-0.05, 0) is 49.3 Å². The number of carbonyl (C=O) groups is 1. The van der Waals surface area contributed by atoms with Gasteiger partial charge < -0.3 is 14.7 Å². The summed E-state index contributed by atoms with van der Waals surface area (Å²) in [5.74, 6) is -1.23. The number of aliphatic carboxylic acids is 1. The van der Waals surface area contributed by atoms with Crippen LogP contribution in [-0.4, -0.2) is 53.3 Å². The van der Waals surface area contributed by atoms with Gasteiger partial charge in [-0.25, -0.2) is 9.18 Å². The Balaban J connectivity index is 2.03. The first-order chi connectivity index (χ1) is 13.0. The largest absolute Gasteiger partial charge is 0.478 e. The van der Waals surface area contributed by atoms with Crippen LogP contribution < -0.4 is 0 Å². The molecule has 2 heterocycles. The van der Waals surface area contributed by atoms with E-state index in [1.54, 1.807) is 12.1 Å². The molecule has 0 aromatic heterocycles. The summed E-state index contributed by atoms with van der Waals surface area (Å²) in [5.41, 5.74) is 2.65. The molecule has 0 radical (unpaired) electrons. The Hall–Kier alpha value is -2.44. The van der Waals surface area contributed by atoms with Crippen LogP contribution in [0.2, 0.25) is 0 Å². The molecule has 144 valence electrons. The topological polar surface area (TPSA) is 53.0 Å². The highest BCUT2D eigenvalue weighted by Gasteiger charge is 2.33. The van der Waals surface area contributed by atoms with E-state index in [4.69, 9.17) is 4.74 Å². The number of ether oxygens (including phenoxy) is 1. The molecule has 3 rings (SSSR count). The molecule has 6 heteroatoms. The van der Waals surface area contributed by atoms with E-state index in [-0.39, 0.29) is 12.0 Å². The highest BCUT2D eigenvalue weighted by molar-refractivity contribution is 5.93. The van der Waals surface area contributed by atoms with Crippen LogP contribution in [0.1, 0.15) is 19.4 Å². The molecule has 0 saturated carbocycles. The van der Waals surface area contributed by atoms with E-state index < -0.39 is 5.97 Å². The van der Waals surface area contributed by atoms with Crippen molar-refractivity contribution in [3.05, 3.63) is 70.7 Å². The predicted octanol–water partition coefficient (Wildman–Crippen LogP) is 3.16. The Labute approximate surface area is 159 Å². The lowest BCUT2D eigenvalue weighted by atomic mass is 9.97. The molecule has 2 aliphatic rings. The molecule has 27 heavy (non-hydrogen) atoms. The van der Waals surface area contributed by atoms with Gasteiger partial charge >= 0.3 is 5.97 Å². The minimum absolute atomic E-state index is 0.0757. The highest BCUT2D eigenvalue weighted by atomic mass is 19.1. The number of carboxylic acids is 1. The van der Waals surface area contributed by atoms with Crippen LogP contribution in [0.3, 0.4) is 0 Å². The summed E-state index contributed by atoms with van der Waals surface area (Å²) < 4.78 is 18.8. The Morgan fingerprint density at radius 1 is 1.30 bits per heavy atom. The predicted molar refractivity (Wildman–Crippen MR) is 101 cm³/mol. The summed E-state index contributed by atoms with van der Waals surface area (Å²) >= 11 is 0. The number of rotatable bonds is 5. The van der Waals surface area contributed by atoms with Crippen molar-refractivity contribution in [3.8, 4) is 0 Å². The zero-order valence-corrected chi connectivity index (χ0v) is 15.7. The summed E-state index contributed by atoms with van der Waals surface area (Å²) in [5, 5.41) is 9.78. The second-order valence-corrected chi connectivity index (χ2v) is 6.73. The van der Waals surface area contributed by atoms with Crippen LogP contribution in [0.15, 0.2) is 59.3 Å². The number of nitrogens with zero attached hydrogens (tertiary/aromatic N) is 2. The fraction of sp³-hybridized carbons (Fsp3) is 0.381. The van der Waals surface area contributed by atoms with Crippen molar-refractivity contribution in [2.24, 2.45) is 0 Å². The number of morpholine rings is 1. The Morgan fingerprint density at radius 3 is 2.56 bits per heavy atom. The van der Waals surface area contributed by atoms with Crippen molar-refractivity contribution in [1.82, 2.24) is 9.80 Å². The first-order valence-corrected chi connectivity index (χ1v) is 9.13. The summed E-state index contributed by atoms with van der Waals surface area (Å²) in [6.07, 6.45) is 5.63. The van der Waals surface area contributed by atoms with E-state index in [2.05, 4.69) is 9.80 Å². The van der Waals surface area contributed by atoms with Gasteiger partial charge in [-0.3, -0.25) is 4.90 Å². The molecule has 1 unspecified atom stereocenters. The Morgan fingerprint density at radius 2 is 1.96 bits per heavy atom. The molecule has 1 fully saturated rings. The third-order valence-corrected chi connectivity index (χ3v) is 4.90. The van der Waals surface area contributed by atoms with Crippen LogP contribution >= 0.6 is 0 Å². The minimum atomic E-state index is -0.943. The zero-order valence-electron chi connectivity index (χ0n) is 15.7. The summed E-state index contributed by atoms with van der Waals surface area (Å²) in [7, 11) is 0. The van der Waals surface area contributed by atoms with E-state index in [0.717, 1.165) is 24.2 Å². The van der Waals surface area contributed by atoms with Gasteiger partial charge in [0.05, 0.1) is 24.5 Å². The normalized spacial score (nSPS) is 21.7. The second kappa shape index (κ2) is 8.50. The lowest BCUT2D eigenvalue weighted by Crippen LogP contribution is -2.52. The standard InChI is InChI=1S/C21H25FN2O3/c1-3-4-18-20(21(25)26)15(2)13-19(23-9-11-27-12-10-23)24(18)14-16-5-7-17(22)8-6-16/h3-8,13,19H,9-12,14H2,1-2H3,(H,25,26). The Bertz CT molecular complexity index is 777. The molecule has 1 aromatic rings. The molecule has 0 amide bonds. The van der Waals surface area contributed by atoms with Gasteiger partial charge in [0, 0.05) is 19.6 Å². The maximum absolute atomic E-state index is 13.3. The molecule has 5 nitrogen and oxygen atoms in total. The summed E-state index contributed by atoms with van der Waals surface area (Å²) in [6, 6.07) is 6.34. The van der Waals surface area contributed by atoms with E-state index in [1.165, 1.54) is 12.1 Å². The van der Waals surface area contributed by atoms with Crippen molar-refractivity contribution < 1.29 is 19.0 Å². The SMILES string of the molecule is CC=CC1=C(C(=O)O)C(C)=CC(N2CCOCC2)N1Cc1ccc(F)cc1. The first-order valence-electron chi connectivity index (χ1n) is 9.13. The molecule has 0 aliphatic carbocycles. The quantitative estimate of drug-likeness (QED) is 0.861. The van der Waals surface area contributed by atoms with Crippen LogP contribution in [0.25, 0.3) is 0 Å². The van der Waals surface area contributed by atoms with E-state index >= 15 is 0 Å². The van der Waals surface area contributed by atoms with Crippen LogP contribution in [-0.2, 0) is 16.1 Å². The van der Waals surface area contributed by atoms with Crippen molar-refractivity contribution in [2.45, 2.75) is 26.6 Å². The van der Waals surface area contributed by atoms with Crippen molar-refractivity contribution in [1.29, 1.82) is 0 Å². The number of hydrogen-bond donors (Lipinski definition) is 1. The van der Waals surface area contributed by atoms with Crippen LogP contribution in [0.4, 0.5) is 4.39 Å². The number of hydrogen-bond acceptors (Lipinski definition) is 4. The van der Waals surface area contributed by atoms with E-state index in [1.807, 2.05) is 32.1 Å². The average Bonchev–Trinajstić information content (AvgIpc) is 2.66. The van der Waals surface area contributed by atoms with Crippen molar-refractivity contribution in [3.63, 3.8) is 0 Å².